The summed E-state index contributed by atoms with van der Waals surface area (Å²) in [5.41, 5.74) is 9.27. The fourth-order valence-electron chi connectivity index (χ4n) is 2.80. The summed E-state index contributed by atoms with van der Waals surface area (Å²) in [6, 6.07) is 8.56. The van der Waals surface area contributed by atoms with Crippen molar-refractivity contribution in [3.05, 3.63) is 52.9 Å². The van der Waals surface area contributed by atoms with Crippen LogP contribution < -0.4 is 11.1 Å². The number of aromatic nitrogens is 1. The van der Waals surface area contributed by atoms with Gasteiger partial charge in [0.2, 0.25) is 5.91 Å². The number of fused-ring (bicyclic) bond motifs is 2. The number of benzene rings is 1. The van der Waals surface area contributed by atoms with Crippen LogP contribution in [0.4, 0.5) is 5.82 Å². The third-order valence-corrected chi connectivity index (χ3v) is 6.00. The molecule has 3 aromatic heterocycles. The first-order valence-electron chi connectivity index (χ1n) is 7.70. The summed E-state index contributed by atoms with van der Waals surface area (Å²) in [7, 11) is 1.60. The van der Waals surface area contributed by atoms with Crippen LogP contribution in [0.5, 0.6) is 0 Å². The topological polar surface area (TPSA) is 68.0 Å². The zero-order chi connectivity index (χ0) is 17.4. The fraction of sp³-hybridized carbons (Fsp3) is 0.0526. The van der Waals surface area contributed by atoms with E-state index in [2.05, 4.69) is 45.3 Å². The van der Waals surface area contributed by atoms with E-state index in [-0.39, 0.29) is 5.91 Å². The molecule has 0 bridgehead atoms. The number of nitrogens with two attached hydrogens (primary N) is 1. The van der Waals surface area contributed by atoms with Gasteiger partial charge in [-0.15, -0.1) is 22.7 Å². The van der Waals surface area contributed by atoms with E-state index in [9.17, 15) is 4.79 Å². The molecule has 0 fully saturated rings. The molecule has 0 aliphatic rings. The molecular formula is C19H15N3OS2. The number of amides is 1. The number of likely N-dealkylation sites (N-methyl/N-ethyl adjacent to an activating group) is 1. The second-order valence-corrected chi connectivity index (χ2v) is 7.40. The Balaban J connectivity index is 1.88. The summed E-state index contributed by atoms with van der Waals surface area (Å²) >= 11 is 3.35. The van der Waals surface area contributed by atoms with Crippen molar-refractivity contribution >= 4 is 60.6 Å². The molecule has 0 aliphatic carbocycles. The lowest BCUT2D eigenvalue weighted by atomic mass is 10.0. The molecule has 0 atom stereocenters. The largest absolute Gasteiger partial charge is 0.383 e. The van der Waals surface area contributed by atoms with Gasteiger partial charge in [0.15, 0.2) is 0 Å². The molecule has 6 heteroatoms. The highest BCUT2D eigenvalue weighted by Crippen LogP contribution is 2.40. The first-order valence-corrected chi connectivity index (χ1v) is 9.46. The third kappa shape index (κ3) is 2.79. The number of thiophene rings is 2. The molecule has 0 aliphatic heterocycles. The highest BCUT2D eigenvalue weighted by molar-refractivity contribution is 7.18. The standard InChI is InChI=1S/C19H15N3OS2/c1-21-16(23)5-3-13-9-22-19(20)17-14(10-25-18(13)17)11-2-4-15-12(8-11)6-7-24-15/h2-10H,1H3,(H2,20,22)(H,21,23). The zero-order valence-electron chi connectivity index (χ0n) is 13.4. The van der Waals surface area contributed by atoms with E-state index < -0.39 is 0 Å². The Morgan fingerprint density at radius 1 is 1.28 bits per heavy atom. The SMILES string of the molecule is CNC(=O)C=Cc1cnc(N)c2c(-c3ccc4sccc4c3)csc12. The molecule has 25 heavy (non-hydrogen) atoms. The van der Waals surface area contributed by atoms with Gasteiger partial charge in [-0.2, -0.15) is 0 Å². The molecule has 4 rings (SSSR count). The fourth-order valence-corrected chi connectivity index (χ4v) is 4.65. The molecule has 0 spiro atoms. The summed E-state index contributed by atoms with van der Waals surface area (Å²) in [5.74, 6) is 0.360. The van der Waals surface area contributed by atoms with Crippen LogP contribution in [0.1, 0.15) is 5.56 Å². The van der Waals surface area contributed by atoms with Gasteiger partial charge in [-0.3, -0.25) is 4.79 Å². The van der Waals surface area contributed by atoms with Crippen LogP contribution in [0.3, 0.4) is 0 Å². The van der Waals surface area contributed by atoms with Gasteiger partial charge >= 0.3 is 0 Å². The Morgan fingerprint density at radius 2 is 2.16 bits per heavy atom. The van der Waals surface area contributed by atoms with Gasteiger partial charge in [0, 0.05) is 45.2 Å². The van der Waals surface area contributed by atoms with E-state index in [1.807, 2.05) is 0 Å². The monoisotopic (exact) mass is 365 g/mol. The predicted molar refractivity (Wildman–Crippen MR) is 108 cm³/mol. The lowest BCUT2D eigenvalue weighted by Crippen LogP contribution is -2.13. The summed E-state index contributed by atoms with van der Waals surface area (Å²) in [5, 5.41) is 8.94. The number of nitrogens with one attached hydrogen (secondary N) is 1. The number of rotatable bonds is 3. The van der Waals surface area contributed by atoms with Crippen molar-refractivity contribution in [2.24, 2.45) is 0 Å². The Labute approximate surface area is 152 Å². The van der Waals surface area contributed by atoms with E-state index in [4.69, 9.17) is 5.73 Å². The van der Waals surface area contributed by atoms with Crippen molar-refractivity contribution in [3.8, 4) is 11.1 Å². The number of pyridine rings is 1. The van der Waals surface area contributed by atoms with E-state index in [0.29, 0.717) is 5.82 Å². The second-order valence-electron chi connectivity index (χ2n) is 5.57. The molecule has 3 N–H and O–H groups in total. The van der Waals surface area contributed by atoms with Crippen molar-refractivity contribution in [3.63, 3.8) is 0 Å². The quantitative estimate of drug-likeness (QED) is 0.525. The van der Waals surface area contributed by atoms with Gasteiger partial charge in [0.05, 0.1) is 0 Å². The van der Waals surface area contributed by atoms with E-state index in [1.54, 1.807) is 42.0 Å². The maximum absolute atomic E-state index is 11.5. The smallest absolute Gasteiger partial charge is 0.243 e. The molecule has 124 valence electrons. The van der Waals surface area contributed by atoms with Crippen LogP contribution in [0.2, 0.25) is 0 Å². The molecule has 3 heterocycles. The first-order chi connectivity index (χ1) is 12.2. The van der Waals surface area contributed by atoms with Crippen LogP contribution in [0.25, 0.3) is 37.4 Å². The highest BCUT2D eigenvalue weighted by Gasteiger charge is 2.13. The summed E-state index contributed by atoms with van der Waals surface area (Å²) in [6.07, 6.45) is 4.98. The van der Waals surface area contributed by atoms with Crippen molar-refractivity contribution in [1.29, 1.82) is 0 Å². The molecule has 0 radical (unpaired) electrons. The van der Waals surface area contributed by atoms with Crippen molar-refractivity contribution in [2.45, 2.75) is 0 Å². The molecule has 4 nitrogen and oxygen atoms in total. The molecule has 1 aromatic carbocycles. The van der Waals surface area contributed by atoms with Gasteiger partial charge in [-0.05, 0) is 46.0 Å². The number of hydrogen-bond acceptors (Lipinski definition) is 5. The van der Waals surface area contributed by atoms with Crippen LogP contribution in [-0.4, -0.2) is 17.9 Å². The van der Waals surface area contributed by atoms with Crippen LogP contribution in [0.15, 0.2) is 47.3 Å². The lowest BCUT2D eigenvalue weighted by Gasteiger charge is -2.04. The van der Waals surface area contributed by atoms with Gasteiger partial charge < -0.3 is 11.1 Å². The third-order valence-electron chi connectivity index (χ3n) is 4.08. The first kappa shape index (κ1) is 15.8. The van der Waals surface area contributed by atoms with Gasteiger partial charge in [-0.1, -0.05) is 6.07 Å². The van der Waals surface area contributed by atoms with E-state index >= 15 is 0 Å². The van der Waals surface area contributed by atoms with Crippen molar-refractivity contribution < 1.29 is 4.79 Å². The molecule has 0 unspecified atom stereocenters. The minimum Gasteiger partial charge on any atom is -0.383 e. The van der Waals surface area contributed by atoms with Gasteiger partial charge in [0.1, 0.15) is 5.82 Å². The zero-order valence-corrected chi connectivity index (χ0v) is 15.1. The number of hydrogen-bond donors (Lipinski definition) is 2. The Kier molecular flexibility index (Phi) is 3.99. The maximum atomic E-state index is 11.5. The maximum Gasteiger partial charge on any atom is 0.243 e. The Bertz CT molecular complexity index is 1120. The molecule has 0 saturated carbocycles. The minimum atomic E-state index is -0.148. The Morgan fingerprint density at radius 3 is 3.00 bits per heavy atom. The molecule has 4 aromatic rings. The average Bonchev–Trinajstić information content (AvgIpc) is 3.27. The number of nitrogen functional groups attached to an aromatic ring is 1. The predicted octanol–water partition coefficient (Wildman–Crippen LogP) is 4.52. The summed E-state index contributed by atoms with van der Waals surface area (Å²) < 4.78 is 2.30. The Hall–Kier alpha value is -2.70. The normalized spacial score (nSPS) is 11.6. The molecule has 1 amide bonds. The number of nitrogens with zero attached hydrogens (tertiary/aromatic N) is 1. The van der Waals surface area contributed by atoms with Crippen LogP contribution in [0, 0.1) is 0 Å². The molecular weight excluding hydrogens is 350 g/mol. The highest BCUT2D eigenvalue weighted by atomic mass is 32.1. The van der Waals surface area contributed by atoms with E-state index in [1.165, 1.54) is 16.2 Å². The van der Waals surface area contributed by atoms with Gasteiger partial charge in [-0.25, -0.2) is 4.98 Å². The number of anilines is 1. The summed E-state index contributed by atoms with van der Waals surface area (Å²) in [6.45, 7) is 0. The lowest BCUT2D eigenvalue weighted by molar-refractivity contribution is -0.115. The van der Waals surface area contributed by atoms with Crippen LogP contribution in [-0.2, 0) is 4.79 Å². The second kappa shape index (κ2) is 6.31. The minimum absolute atomic E-state index is 0.148. The van der Waals surface area contributed by atoms with Crippen LogP contribution >= 0.6 is 22.7 Å². The van der Waals surface area contributed by atoms with Gasteiger partial charge in [0.25, 0.3) is 0 Å². The average molecular weight is 365 g/mol. The molecule has 0 saturated heterocycles. The number of carbonyl (C=O) groups is 1. The van der Waals surface area contributed by atoms with E-state index in [0.717, 1.165) is 26.8 Å². The summed E-state index contributed by atoms with van der Waals surface area (Å²) in [4.78, 5) is 15.8. The number of carbonyl (C=O) groups excluding carboxylic acids is 1. The van der Waals surface area contributed by atoms with Crippen molar-refractivity contribution in [2.75, 3.05) is 12.8 Å². The van der Waals surface area contributed by atoms with Crippen molar-refractivity contribution in [1.82, 2.24) is 10.3 Å².